The quantitative estimate of drug-likeness (QED) is 0.855. The number of fused-ring (bicyclic) bond motifs is 1. The van der Waals surface area contributed by atoms with Crippen LogP contribution in [0.25, 0.3) is 0 Å². The zero-order valence-electron chi connectivity index (χ0n) is 11.7. The Morgan fingerprint density at radius 3 is 2.70 bits per heavy atom. The molecule has 4 nitrogen and oxygen atoms in total. The van der Waals surface area contributed by atoms with Crippen molar-refractivity contribution in [2.75, 3.05) is 19.7 Å². The molecule has 2 heterocycles. The van der Waals surface area contributed by atoms with Gasteiger partial charge in [0.15, 0.2) is 11.5 Å². The van der Waals surface area contributed by atoms with E-state index in [1.165, 1.54) is 24.8 Å². The van der Waals surface area contributed by atoms with Crippen molar-refractivity contribution in [2.45, 2.75) is 44.0 Å². The molecule has 1 aliphatic carbocycles. The molecule has 1 saturated heterocycles. The zero-order chi connectivity index (χ0) is 13.4. The minimum Gasteiger partial charge on any atom is -0.448 e. The number of hydrogen-bond donors (Lipinski definition) is 1. The Bertz CT molecular complexity index is 490. The molecule has 0 bridgehead atoms. The number of rotatable bonds is 1. The Morgan fingerprint density at radius 2 is 1.90 bits per heavy atom. The maximum Gasteiger partial charge on any atom is 0.251 e. The van der Waals surface area contributed by atoms with E-state index in [1.54, 1.807) is 0 Å². The predicted molar refractivity (Wildman–Crippen MR) is 75.1 cm³/mol. The van der Waals surface area contributed by atoms with Crippen LogP contribution in [0, 0.1) is 0 Å². The Hall–Kier alpha value is -1.26. The molecule has 20 heavy (non-hydrogen) atoms. The van der Waals surface area contributed by atoms with Gasteiger partial charge in [-0.3, -0.25) is 0 Å². The lowest BCUT2D eigenvalue weighted by Gasteiger charge is -2.31. The molecule has 1 spiro atoms. The van der Waals surface area contributed by atoms with E-state index in [0.717, 1.165) is 44.0 Å². The number of nitrogens with one attached hydrogen (secondary N) is 1. The van der Waals surface area contributed by atoms with Crippen LogP contribution < -0.4 is 14.8 Å². The Kier molecular flexibility index (Phi) is 3.08. The molecule has 4 rings (SSSR count). The van der Waals surface area contributed by atoms with E-state index in [4.69, 9.17) is 14.2 Å². The molecule has 2 fully saturated rings. The summed E-state index contributed by atoms with van der Waals surface area (Å²) in [6.07, 6.45) is 5.79. The number of ether oxygens (including phenoxy) is 3. The van der Waals surface area contributed by atoms with Gasteiger partial charge in [0.05, 0.1) is 12.7 Å². The van der Waals surface area contributed by atoms with Crippen molar-refractivity contribution in [2.24, 2.45) is 0 Å². The standard InChI is InChI=1S/C16H21NO3/c1-2-6-16(7-3-1)19-13-5-4-12(10-14(13)20-16)15-11-17-8-9-18-15/h4-5,10,15,17H,1-3,6-9,11H2. The summed E-state index contributed by atoms with van der Waals surface area (Å²) in [4.78, 5) is 0. The van der Waals surface area contributed by atoms with Gasteiger partial charge in [-0.2, -0.15) is 0 Å². The van der Waals surface area contributed by atoms with Gasteiger partial charge >= 0.3 is 0 Å². The van der Waals surface area contributed by atoms with Crippen LogP contribution in [0.4, 0.5) is 0 Å². The lowest BCUT2D eigenvalue weighted by molar-refractivity contribution is -0.105. The third-order valence-electron chi connectivity index (χ3n) is 4.47. The van der Waals surface area contributed by atoms with Crippen molar-refractivity contribution >= 4 is 0 Å². The highest BCUT2D eigenvalue weighted by Crippen LogP contribution is 2.46. The van der Waals surface area contributed by atoms with Gasteiger partial charge in [0.1, 0.15) is 0 Å². The van der Waals surface area contributed by atoms with E-state index in [-0.39, 0.29) is 11.9 Å². The lowest BCUT2D eigenvalue weighted by atomic mass is 9.94. The molecule has 3 aliphatic rings. The lowest BCUT2D eigenvalue weighted by Crippen LogP contribution is -2.40. The highest BCUT2D eigenvalue weighted by Gasteiger charge is 2.42. The summed E-state index contributed by atoms with van der Waals surface area (Å²) in [5.74, 6) is 1.39. The molecule has 1 aromatic carbocycles. The fourth-order valence-corrected chi connectivity index (χ4v) is 3.38. The summed E-state index contributed by atoms with van der Waals surface area (Å²) < 4.78 is 18.1. The SMILES string of the molecule is c1cc2c(cc1C1CNCCO1)OC1(CCCCC1)O2. The van der Waals surface area contributed by atoms with Crippen LogP contribution in [0.2, 0.25) is 0 Å². The van der Waals surface area contributed by atoms with Gasteiger partial charge in [-0.25, -0.2) is 0 Å². The molecule has 2 aliphatic heterocycles. The number of hydrogen-bond acceptors (Lipinski definition) is 4. The maximum atomic E-state index is 6.17. The Labute approximate surface area is 119 Å². The average Bonchev–Trinajstić information content (AvgIpc) is 2.85. The van der Waals surface area contributed by atoms with Gasteiger partial charge in [0.25, 0.3) is 5.79 Å². The van der Waals surface area contributed by atoms with Gasteiger partial charge in [0, 0.05) is 25.9 Å². The van der Waals surface area contributed by atoms with Gasteiger partial charge in [0.2, 0.25) is 0 Å². The third-order valence-corrected chi connectivity index (χ3v) is 4.47. The minimum atomic E-state index is -0.384. The first-order chi connectivity index (χ1) is 9.85. The molecule has 1 saturated carbocycles. The van der Waals surface area contributed by atoms with Crippen LogP contribution in [0.1, 0.15) is 43.8 Å². The molecule has 4 heteroatoms. The van der Waals surface area contributed by atoms with Crippen LogP contribution in [0.15, 0.2) is 18.2 Å². The summed E-state index contributed by atoms with van der Waals surface area (Å²) in [5, 5.41) is 3.36. The smallest absolute Gasteiger partial charge is 0.251 e. The van der Waals surface area contributed by atoms with Crippen LogP contribution in [-0.4, -0.2) is 25.5 Å². The van der Waals surface area contributed by atoms with E-state index >= 15 is 0 Å². The van der Waals surface area contributed by atoms with Gasteiger partial charge in [-0.05, 0) is 30.5 Å². The van der Waals surface area contributed by atoms with Crippen molar-refractivity contribution in [1.29, 1.82) is 0 Å². The largest absolute Gasteiger partial charge is 0.448 e. The number of benzene rings is 1. The van der Waals surface area contributed by atoms with Crippen molar-refractivity contribution in [3.63, 3.8) is 0 Å². The monoisotopic (exact) mass is 275 g/mol. The highest BCUT2D eigenvalue weighted by molar-refractivity contribution is 5.46. The number of morpholine rings is 1. The summed E-state index contributed by atoms with van der Waals surface area (Å²) in [6.45, 7) is 2.57. The summed E-state index contributed by atoms with van der Waals surface area (Å²) in [6, 6.07) is 6.23. The molecular formula is C16H21NO3. The third kappa shape index (κ3) is 2.17. The molecule has 1 unspecified atom stereocenters. The second-order valence-corrected chi connectivity index (χ2v) is 5.95. The van der Waals surface area contributed by atoms with E-state index in [2.05, 4.69) is 17.4 Å². The van der Waals surface area contributed by atoms with Crippen molar-refractivity contribution in [3.05, 3.63) is 23.8 Å². The summed E-state index contributed by atoms with van der Waals surface area (Å²) >= 11 is 0. The predicted octanol–water partition coefficient (Wildman–Crippen LogP) is 2.78. The van der Waals surface area contributed by atoms with Gasteiger partial charge < -0.3 is 19.5 Å². The summed E-state index contributed by atoms with van der Waals surface area (Å²) in [5.41, 5.74) is 1.17. The zero-order valence-corrected chi connectivity index (χ0v) is 11.7. The fraction of sp³-hybridized carbons (Fsp3) is 0.625. The van der Waals surface area contributed by atoms with Gasteiger partial charge in [-0.15, -0.1) is 0 Å². The van der Waals surface area contributed by atoms with Crippen molar-refractivity contribution in [3.8, 4) is 11.5 Å². The highest BCUT2D eigenvalue weighted by atomic mass is 16.7. The van der Waals surface area contributed by atoms with Crippen molar-refractivity contribution < 1.29 is 14.2 Å². The molecule has 0 radical (unpaired) electrons. The van der Waals surface area contributed by atoms with Crippen molar-refractivity contribution in [1.82, 2.24) is 5.32 Å². The molecular weight excluding hydrogens is 254 g/mol. The second-order valence-electron chi connectivity index (χ2n) is 5.95. The molecule has 1 atom stereocenters. The summed E-state index contributed by atoms with van der Waals surface area (Å²) in [7, 11) is 0. The maximum absolute atomic E-state index is 6.17. The normalized spacial score (nSPS) is 27.7. The molecule has 1 N–H and O–H groups in total. The van der Waals surface area contributed by atoms with Crippen LogP contribution in [0.3, 0.4) is 0 Å². The molecule has 108 valence electrons. The van der Waals surface area contributed by atoms with E-state index in [1.807, 2.05) is 6.07 Å². The molecule has 1 aromatic rings. The van der Waals surface area contributed by atoms with E-state index < -0.39 is 0 Å². The van der Waals surface area contributed by atoms with Crippen LogP contribution >= 0.6 is 0 Å². The fourth-order valence-electron chi connectivity index (χ4n) is 3.38. The van der Waals surface area contributed by atoms with E-state index in [9.17, 15) is 0 Å². The first-order valence-corrected chi connectivity index (χ1v) is 7.69. The van der Waals surface area contributed by atoms with Crippen LogP contribution in [-0.2, 0) is 4.74 Å². The average molecular weight is 275 g/mol. The van der Waals surface area contributed by atoms with E-state index in [0.29, 0.717) is 0 Å². The van der Waals surface area contributed by atoms with Crippen LogP contribution in [0.5, 0.6) is 11.5 Å². The molecule has 0 amide bonds. The minimum absolute atomic E-state index is 0.126. The topological polar surface area (TPSA) is 39.7 Å². The van der Waals surface area contributed by atoms with Gasteiger partial charge in [-0.1, -0.05) is 12.5 Å². The first-order valence-electron chi connectivity index (χ1n) is 7.69. The first kappa shape index (κ1) is 12.5. The second kappa shape index (κ2) is 4.93. The molecule has 0 aromatic heterocycles. The Morgan fingerprint density at radius 1 is 1.05 bits per heavy atom. The Balaban J connectivity index is 1.56.